The maximum atomic E-state index is 3.50. The fraction of sp³-hybridized carbons (Fsp3) is 1.00. The van der Waals surface area contributed by atoms with Crippen molar-refractivity contribution in [3.8, 4) is 0 Å². The van der Waals surface area contributed by atoms with Gasteiger partial charge in [0.1, 0.15) is 0 Å². The van der Waals surface area contributed by atoms with Gasteiger partial charge in [-0.15, -0.1) is 0 Å². The molecular formula is C9H17N. The van der Waals surface area contributed by atoms with Gasteiger partial charge >= 0.3 is 0 Å². The van der Waals surface area contributed by atoms with Gasteiger partial charge in [-0.1, -0.05) is 13.8 Å². The minimum atomic E-state index is 0.644. The molecule has 2 fully saturated rings. The van der Waals surface area contributed by atoms with Crippen LogP contribution < -0.4 is 5.32 Å². The van der Waals surface area contributed by atoms with Gasteiger partial charge in [-0.3, -0.25) is 0 Å². The first-order valence-electron chi connectivity index (χ1n) is 4.42. The standard InChI is InChI=1S/C9H17N/c1-9(2)7-3-4-8(9)6-10-5-7/h7-8,10H,3-6H2,1-2H3. The Hall–Kier alpha value is -0.0400. The van der Waals surface area contributed by atoms with Gasteiger partial charge in [-0.05, 0) is 43.2 Å². The van der Waals surface area contributed by atoms with Crippen LogP contribution in [0.25, 0.3) is 0 Å². The van der Waals surface area contributed by atoms with E-state index in [4.69, 9.17) is 0 Å². The summed E-state index contributed by atoms with van der Waals surface area (Å²) in [4.78, 5) is 0. The number of fused-ring (bicyclic) bond motifs is 2. The lowest BCUT2D eigenvalue weighted by atomic mass is 9.73. The van der Waals surface area contributed by atoms with Crippen molar-refractivity contribution in [2.45, 2.75) is 26.7 Å². The van der Waals surface area contributed by atoms with Crippen LogP contribution in [0.3, 0.4) is 0 Å². The molecule has 0 amide bonds. The van der Waals surface area contributed by atoms with Crippen LogP contribution in [-0.4, -0.2) is 13.1 Å². The third-order valence-electron chi connectivity index (χ3n) is 3.75. The van der Waals surface area contributed by atoms with Gasteiger partial charge in [-0.25, -0.2) is 0 Å². The Balaban J connectivity index is 2.21. The van der Waals surface area contributed by atoms with Crippen molar-refractivity contribution in [3.05, 3.63) is 0 Å². The zero-order chi connectivity index (χ0) is 7.19. The van der Waals surface area contributed by atoms with Crippen LogP contribution in [0.1, 0.15) is 26.7 Å². The second-order valence-corrected chi connectivity index (χ2v) is 4.45. The molecule has 0 aromatic carbocycles. The first kappa shape index (κ1) is 6.66. The second-order valence-electron chi connectivity index (χ2n) is 4.45. The largest absolute Gasteiger partial charge is 0.316 e. The van der Waals surface area contributed by atoms with E-state index in [0.29, 0.717) is 5.41 Å². The Morgan fingerprint density at radius 1 is 1.10 bits per heavy atom. The molecule has 0 aromatic heterocycles. The topological polar surface area (TPSA) is 12.0 Å². The Bertz CT molecular complexity index is 122. The molecule has 2 atom stereocenters. The van der Waals surface area contributed by atoms with Crippen molar-refractivity contribution in [1.82, 2.24) is 5.32 Å². The van der Waals surface area contributed by atoms with Crippen LogP contribution in [0.15, 0.2) is 0 Å². The summed E-state index contributed by atoms with van der Waals surface area (Å²) in [6, 6.07) is 0. The lowest BCUT2D eigenvalue weighted by Crippen LogP contribution is -2.43. The highest BCUT2D eigenvalue weighted by molar-refractivity contribution is 4.97. The molecule has 2 unspecified atom stereocenters. The summed E-state index contributed by atoms with van der Waals surface area (Å²) in [5.74, 6) is 1.93. The molecule has 2 aliphatic rings. The number of piperidine rings is 1. The van der Waals surface area contributed by atoms with E-state index < -0.39 is 0 Å². The summed E-state index contributed by atoms with van der Waals surface area (Å²) in [7, 11) is 0. The highest BCUT2D eigenvalue weighted by atomic mass is 14.9. The highest BCUT2D eigenvalue weighted by Gasteiger charge is 2.44. The fourth-order valence-corrected chi connectivity index (χ4v) is 2.64. The molecule has 1 N–H and O–H groups in total. The molecule has 2 bridgehead atoms. The number of hydrogen-bond acceptors (Lipinski definition) is 1. The van der Waals surface area contributed by atoms with Gasteiger partial charge in [0.25, 0.3) is 0 Å². The van der Waals surface area contributed by atoms with Crippen LogP contribution in [0.2, 0.25) is 0 Å². The van der Waals surface area contributed by atoms with Gasteiger partial charge in [0, 0.05) is 0 Å². The quantitative estimate of drug-likeness (QED) is 0.538. The molecule has 1 aliphatic carbocycles. The van der Waals surface area contributed by atoms with Gasteiger partial charge in [0.05, 0.1) is 0 Å². The fourth-order valence-electron chi connectivity index (χ4n) is 2.64. The first-order chi connectivity index (χ1) is 4.71. The van der Waals surface area contributed by atoms with Gasteiger partial charge in [-0.2, -0.15) is 0 Å². The van der Waals surface area contributed by atoms with Crippen LogP contribution in [0.4, 0.5) is 0 Å². The average Bonchev–Trinajstić information content (AvgIpc) is 2.17. The molecular weight excluding hydrogens is 122 g/mol. The Kier molecular flexibility index (Phi) is 1.31. The zero-order valence-corrected chi connectivity index (χ0v) is 6.98. The summed E-state index contributed by atoms with van der Waals surface area (Å²) < 4.78 is 0. The van der Waals surface area contributed by atoms with Crippen molar-refractivity contribution in [2.24, 2.45) is 17.3 Å². The number of nitrogens with one attached hydrogen (secondary N) is 1. The van der Waals surface area contributed by atoms with Crippen molar-refractivity contribution in [2.75, 3.05) is 13.1 Å². The highest BCUT2D eigenvalue weighted by Crippen LogP contribution is 2.48. The maximum Gasteiger partial charge on any atom is -0.00152 e. The summed E-state index contributed by atoms with van der Waals surface area (Å²) >= 11 is 0. The number of hydrogen-bond donors (Lipinski definition) is 1. The minimum absolute atomic E-state index is 0.644. The van der Waals surface area contributed by atoms with E-state index in [1.165, 1.54) is 25.9 Å². The molecule has 58 valence electrons. The monoisotopic (exact) mass is 139 g/mol. The molecule has 1 heterocycles. The van der Waals surface area contributed by atoms with Gasteiger partial charge < -0.3 is 5.32 Å². The summed E-state index contributed by atoms with van der Waals surface area (Å²) in [5.41, 5.74) is 0.644. The lowest BCUT2D eigenvalue weighted by Gasteiger charge is -2.38. The van der Waals surface area contributed by atoms with E-state index in [1.807, 2.05) is 0 Å². The van der Waals surface area contributed by atoms with E-state index in [0.717, 1.165) is 11.8 Å². The Morgan fingerprint density at radius 2 is 1.60 bits per heavy atom. The summed E-state index contributed by atoms with van der Waals surface area (Å²) in [6.07, 6.45) is 2.93. The zero-order valence-electron chi connectivity index (χ0n) is 6.98. The molecule has 0 aromatic rings. The molecule has 0 spiro atoms. The van der Waals surface area contributed by atoms with Crippen LogP contribution in [0.5, 0.6) is 0 Å². The van der Waals surface area contributed by atoms with E-state index in [9.17, 15) is 0 Å². The van der Waals surface area contributed by atoms with Crippen molar-refractivity contribution >= 4 is 0 Å². The van der Waals surface area contributed by atoms with E-state index >= 15 is 0 Å². The molecule has 10 heavy (non-hydrogen) atoms. The van der Waals surface area contributed by atoms with E-state index in [2.05, 4.69) is 19.2 Å². The summed E-state index contributed by atoms with van der Waals surface area (Å²) in [5, 5.41) is 3.50. The van der Waals surface area contributed by atoms with Crippen molar-refractivity contribution in [1.29, 1.82) is 0 Å². The van der Waals surface area contributed by atoms with Crippen molar-refractivity contribution < 1.29 is 0 Å². The van der Waals surface area contributed by atoms with Crippen LogP contribution in [0, 0.1) is 17.3 Å². The SMILES string of the molecule is CC1(C)C2CCC1CNC2. The van der Waals surface area contributed by atoms with Crippen molar-refractivity contribution in [3.63, 3.8) is 0 Å². The van der Waals surface area contributed by atoms with E-state index in [1.54, 1.807) is 0 Å². The lowest BCUT2D eigenvalue weighted by molar-refractivity contribution is 0.141. The average molecular weight is 139 g/mol. The molecule has 1 saturated carbocycles. The normalized spacial score (nSPS) is 43.8. The Morgan fingerprint density at radius 3 is 2.00 bits per heavy atom. The minimum Gasteiger partial charge on any atom is -0.316 e. The predicted octanol–water partition coefficient (Wildman–Crippen LogP) is 1.64. The Labute approximate surface area is 63.2 Å². The molecule has 1 saturated heterocycles. The number of rotatable bonds is 0. The van der Waals surface area contributed by atoms with Gasteiger partial charge in [0.15, 0.2) is 0 Å². The van der Waals surface area contributed by atoms with E-state index in [-0.39, 0.29) is 0 Å². The molecule has 1 aliphatic heterocycles. The smallest absolute Gasteiger partial charge is 0.00152 e. The first-order valence-corrected chi connectivity index (χ1v) is 4.42. The van der Waals surface area contributed by atoms with Gasteiger partial charge in [0.2, 0.25) is 0 Å². The molecule has 0 radical (unpaired) electrons. The van der Waals surface area contributed by atoms with Crippen LogP contribution >= 0.6 is 0 Å². The van der Waals surface area contributed by atoms with Crippen LogP contribution in [-0.2, 0) is 0 Å². The maximum absolute atomic E-state index is 3.50. The molecule has 1 nitrogen and oxygen atoms in total. The predicted molar refractivity (Wildman–Crippen MR) is 42.9 cm³/mol. The summed E-state index contributed by atoms with van der Waals surface area (Å²) in [6.45, 7) is 7.42. The third-order valence-corrected chi connectivity index (χ3v) is 3.75. The molecule has 1 heteroatoms. The third kappa shape index (κ3) is 0.731. The second kappa shape index (κ2) is 1.97. The molecule has 2 rings (SSSR count).